The smallest absolute Gasteiger partial charge is 0.223 e. The van der Waals surface area contributed by atoms with Gasteiger partial charge in [0.15, 0.2) is 5.12 Å². The molecule has 2 heterocycles. The van der Waals surface area contributed by atoms with Crippen LogP contribution in [0.5, 0.6) is 0 Å². The Morgan fingerprint density at radius 3 is 3.00 bits per heavy atom. The normalized spacial score (nSPS) is 18.1. The van der Waals surface area contributed by atoms with E-state index in [-0.39, 0.29) is 16.3 Å². The van der Waals surface area contributed by atoms with Crippen molar-refractivity contribution in [2.24, 2.45) is 0 Å². The van der Waals surface area contributed by atoms with Gasteiger partial charge in [-0.25, -0.2) is 0 Å². The number of benzene rings is 1. The van der Waals surface area contributed by atoms with E-state index in [0.29, 0.717) is 19.5 Å². The first-order valence-corrected chi connectivity index (χ1v) is 8.29. The minimum atomic E-state index is 0.0814. The molecule has 1 aromatic carbocycles. The number of hydrogen-bond donors (Lipinski definition) is 0. The van der Waals surface area contributed by atoms with Gasteiger partial charge in [0.25, 0.3) is 0 Å². The lowest BCUT2D eigenvalue weighted by atomic mass is 10.1. The molecule has 1 unspecified atom stereocenters. The highest BCUT2D eigenvalue weighted by Crippen LogP contribution is 2.25. The van der Waals surface area contributed by atoms with E-state index in [1.807, 2.05) is 29.2 Å². The van der Waals surface area contributed by atoms with Crippen LogP contribution in [0.2, 0.25) is 0 Å². The maximum Gasteiger partial charge on any atom is 0.223 e. The number of likely N-dealkylation sites (tertiary alicyclic amines) is 1. The van der Waals surface area contributed by atoms with E-state index in [1.54, 1.807) is 13.1 Å². The molecule has 0 N–H and O–H groups in total. The summed E-state index contributed by atoms with van der Waals surface area (Å²) in [5.74, 6) is 0.145. The number of carbonyl (C=O) groups excluding carboxylic acids is 2. The number of fused-ring (bicyclic) bond motifs is 1. The van der Waals surface area contributed by atoms with Gasteiger partial charge in [0.1, 0.15) is 0 Å². The molecule has 1 aliphatic heterocycles. The summed E-state index contributed by atoms with van der Waals surface area (Å²) in [7, 11) is 0. The molecule has 0 saturated carbocycles. The molecule has 2 aromatic rings. The molecule has 3 rings (SSSR count). The van der Waals surface area contributed by atoms with Crippen molar-refractivity contribution >= 4 is 33.7 Å². The van der Waals surface area contributed by atoms with Gasteiger partial charge in [-0.15, -0.1) is 0 Å². The predicted octanol–water partition coefficient (Wildman–Crippen LogP) is 2.66. The highest BCUT2D eigenvalue weighted by Gasteiger charge is 2.30. The Hall–Kier alpha value is -1.88. The van der Waals surface area contributed by atoms with Gasteiger partial charge >= 0.3 is 0 Å². The largest absolute Gasteiger partial charge is 0.341 e. The summed E-state index contributed by atoms with van der Waals surface area (Å²) in [6.07, 6.45) is 3.06. The van der Waals surface area contributed by atoms with E-state index in [2.05, 4.69) is 11.1 Å². The van der Waals surface area contributed by atoms with Gasteiger partial charge in [-0.1, -0.05) is 36.0 Å². The van der Waals surface area contributed by atoms with Crippen molar-refractivity contribution in [3.05, 3.63) is 42.1 Å². The van der Waals surface area contributed by atoms with Crippen LogP contribution in [0, 0.1) is 0 Å². The molecule has 0 bridgehead atoms. The molecule has 1 amide bonds. The van der Waals surface area contributed by atoms with Crippen LogP contribution in [0.15, 0.2) is 36.5 Å². The number of carbonyl (C=O) groups is 2. The summed E-state index contributed by atoms with van der Waals surface area (Å²) in [5, 5.41) is 1.31. The van der Waals surface area contributed by atoms with Crippen molar-refractivity contribution in [2.75, 3.05) is 13.1 Å². The first-order valence-electron chi connectivity index (χ1n) is 7.41. The van der Waals surface area contributed by atoms with Gasteiger partial charge in [0, 0.05) is 43.3 Å². The van der Waals surface area contributed by atoms with E-state index >= 15 is 0 Å². The first kappa shape index (κ1) is 15.0. The Kier molecular flexibility index (Phi) is 4.43. The van der Waals surface area contributed by atoms with Crippen molar-refractivity contribution in [3.8, 4) is 0 Å². The average molecular weight is 314 g/mol. The number of pyridine rings is 1. The molecule has 1 aliphatic rings. The second kappa shape index (κ2) is 6.48. The quantitative estimate of drug-likeness (QED) is 0.870. The van der Waals surface area contributed by atoms with E-state index in [0.717, 1.165) is 22.9 Å². The second-order valence-electron chi connectivity index (χ2n) is 5.52. The van der Waals surface area contributed by atoms with E-state index in [9.17, 15) is 9.59 Å². The lowest BCUT2D eigenvalue weighted by Gasteiger charge is -2.16. The third-order valence-electron chi connectivity index (χ3n) is 3.88. The van der Waals surface area contributed by atoms with Crippen LogP contribution in [0.1, 0.15) is 18.9 Å². The van der Waals surface area contributed by atoms with E-state index in [4.69, 9.17) is 0 Å². The molecule has 1 saturated heterocycles. The summed E-state index contributed by atoms with van der Waals surface area (Å²) in [6, 6.07) is 10.1. The topological polar surface area (TPSA) is 50.3 Å². The maximum absolute atomic E-state index is 12.0. The molecule has 114 valence electrons. The Balaban J connectivity index is 1.67. The van der Waals surface area contributed by atoms with Gasteiger partial charge in [0.05, 0.1) is 5.52 Å². The van der Waals surface area contributed by atoms with Crippen LogP contribution in [0.4, 0.5) is 0 Å². The summed E-state index contributed by atoms with van der Waals surface area (Å²) >= 11 is 1.28. The van der Waals surface area contributed by atoms with Crippen molar-refractivity contribution in [2.45, 2.75) is 25.0 Å². The molecular formula is C17H18N2O2S. The Morgan fingerprint density at radius 2 is 2.18 bits per heavy atom. The van der Waals surface area contributed by atoms with Gasteiger partial charge in [-0.2, -0.15) is 0 Å². The number of thioether (sulfide) groups is 1. The maximum atomic E-state index is 12.0. The lowest BCUT2D eigenvalue weighted by molar-refractivity contribution is -0.127. The van der Waals surface area contributed by atoms with Crippen LogP contribution < -0.4 is 0 Å². The number of rotatable bonds is 4. The minimum absolute atomic E-state index is 0.0814. The number of aromatic nitrogens is 1. The van der Waals surface area contributed by atoms with E-state index < -0.39 is 0 Å². The highest BCUT2D eigenvalue weighted by molar-refractivity contribution is 8.14. The number of amides is 1. The predicted molar refractivity (Wildman–Crippen MR) is 88.7 cm³/mol. The molecule has 22 heavy (non-hydrogen) atoms. The zero-order valence-electron chi connectivity index (χ0n) is 12.5. The van der Waals surface area contributed by atoms with Crippen molar-refractivity contribution in [3.63, 3.8) is 0 Å². The van der Waals surface area contributed by atoms with Crippen molar-refractivity contribution in [1.29, 1.82) is 0 Å². The molecule has 0 aliphatic carbocycles. The van der Waals surface area contributed by atoms with Crippen molar-refractivity contribution in [1.82, 2.24) is 9.88 Å². The zero-order chi connectivity index (χ0) is 15.5. The fraction of sp³-hybridized carbons (Fsp3) is 0.353. The van der Waals surface area contributed by atoms with Crippen LogP contribution in [0.25, 0.3) is 10.9 Å². The third kappa shape index (κ3) is 3.30. The number of nitrogens with zero attached hydrogens (tertiary/aromatic N) is 2. The Morgan fingerprint density at radius 1 is 1.36 bits per heavy atom. The molecule has 4 nitrogen and oxygen atoms in total. The van der Waals surface area contributed by atoms with Crippen LogP contribution in [-0.4, -0.2) is 39.2 Å². The minimum Gasteiger partial charge on any atom is -0.341 e. The number of para-hydroxylation sites is 1. The third-order valence-corrected chi connectivity index (χ3v) is 4.86. The molecule has 0 spiro atoms. The first-order chi connectivity index (χ1) is 10.6. The monoisotopic (exact) mass is 314 g/mol. The van der Waals surface area contributed by atoms with Crippen molar-refractivity contribution < 1.29 is 9.59 Å². The fourth-order valence-electron chi connectivity index (χ4n) is 2.89. The van der Waals surface area contributed by atoms with Crippen LogP contribution in [-0.2, 0) is 16.0 Å². The zero-order valence-corrected chi connectivity index (χ0v) is 13.3. The lowest BCUT2D eigenvalue weighted by Crippen LogP contribution is -2.28. The van der Waals surface area contributed by atoms with E-state index in [1.165, 1.54) is 11.8 Å². The van der Waals surface area contributed by atoms with Gasteiger partial charge in [-0.3, -0.25) is 14.6 Å². The molecule has 0 radical (unpaired) electrons. The van der Waals surface area contributed by atoms with Gasteiger partial charge < -0.3 is 4.90 Å². The molecule has 5 heteroatoms. The van der Waals surface area contributed by atoms with Crippen LogP contribution in [0.3, 0.4) is 0 Å². The SMILES string of the molecule is CC(=O)SC1CC(=O)N(CCc2cccc3cccnc23)C1. The highest BCUT2D eigenvalue weighted by atomic mass is 32.2. The van der Waals surface area contributed by atoms with Gasteiger partial charge in [-0.05, 0) is 18.1 Å². The fourth-order valence-corrected chi connectivity index (χ4v) is 3.84. The number of hydrogen-bond acceptors (Lipinski definition) is 4. The Labute approximate surface area is 133 Å². The molecule has 1 fully saturated rings. The molecule has 1 aromatic heterocycles. The molecule has 1 atom stereocenters. The Bertz CT molecular complexity index is 711. The standard InChI is InChI=1S/C17H18N2O2S/c1-12(20)22-15-10-16(21)19(11-15)9-7-14-5-2-4-13-6-3-8-18-17(13)14/h2-6,8,15H,7,9-11H2,1H3. The van der Waals surface area contributed by atoms with Crippen LogP contribution >= 0.6 is 11.8 Å². The summed E-state index contributed by atoms with van der Waals surface area (Å²) in [6.45, 7) is 2.91. The molecular weight excluding hydrogens is 296 g/mol. The summed E-state index contributed by atoms with van der Waals surface area (Å²) < 4.78 is 0. The summed E-state index contributed by atoms with van der Waals surface area (Å²) in [4.78, 5) is 29.5. The second-order valence-corrected chi connectivity index (χ2v) is 6.99. The van der Waals surface area contributed by atoms with Gasteiger partial charge in [0.2, 0.25) is 5.91 Å². The summed E-state index contributed by atoms with van der Waals surface area (Å²) in [5.41, 5.74) is 2.17. The average Bonchev–Trinajstić information content (AvgIpc) is 2.84.